The molecular weight excluding hydrogens is 264 g/mol. The molecule has 0 radical (unpaired) electrons. The van der Waals surface area contributed by atoms with Gasteiger partial charge in [-0.3, -0.25) is 4.98 Å². The first-order chi connectivity index (χ1) is 9.31. The maximum Gasteiger partial charge on any atom is 0.336 e. The Kier molecular flexibility index (Phi) is 2.58. The van der Waals surface area contributed by atoms with Gasteiger partial charge in [-0.2, -0.15) is 0 Å². The minimum atomic E-state index is -1.13. The Morgan fingerprint density at radius 1 is 1.30 bits per heavy atom. The topological polar surface area (TPSA) is 50.2 Å². The second-order valence-electron chi connectivity index (χ2n) is 5.79. The van der Waals surface area contributed by atoms with E-state index in [0.29, 0.717) is 17.7 Å². The van der Waals surface area contributed by atoms with E-state index < -0.39 is 17.6 Å². The molecule has 1 aliphatic carbocycles. The number of aromatic nitrogens is 1. The highest BCUT2D eigenvalue weighted by Crippen LogP contribution is 2.41. The number of nitrogens with zero attached hydrogens (tertiary/aromatic N) is 1. The first-order valence-electron chi connectivity index (χ1n) is 6.36. The number of benzene rings is 1. The zero-order valence-corrected chi connectivity index (χ0v) is 11.1. The molecule has 104 valence electrons. The zero-order valence-electron chi connectivity index (χ0n) is 11.1. The van der Waals surface area contributed by atoms with Gasteiger partial charge in [-0.15, -0.1) is 0 Å². The number of aromatic carboxylic acids is 1. The number of rotatable bonds is 1. The molecule has 1 aromatic heterocycles. The lowest BCUT2D eigenvalue weighted by atomic mass is 9.89. The third-order valence-electron chi connectivity index (χ3n) is 3.98. The van der Waals surface area contributed by atoms with Crippen LogP contribution in [0.25, 0.3) is 10.9 Å². The van der Waals surface area contributed by atoms with E-state index in [1.165, 1.54) is 0 Å². The molecule has 3 nitrogen and oxygen atoms in total. The second-order valence-corrected chi connectivity index (χ2v) is 5.79. The molecule has 0 bridgehead atoms. The van der Waals surface area contributed by atoms with Crippen molar-refractivity contribution in [3.8, 4) is 0 Å². The summed E-state index contributed by atoms with van der Waals surface area (Å²) in [6.45, 7) is 3.95. The van der Waals surface area contributed by atoms with E-state index in [1.54, 1.807) is 0 Å². The largest absolute Gasteiger partial charge is 0.478 e. The van der Waals surface area contributed by atoms with Crippen LogP contribution in [0.1, 0.15) is 41.9 Å². The molecule has 1 N–H and O–H groups in total. The fourth-order valence-electron chi connectivity index (χ4n) is 2.90. The van der Waals surface area contributed by atoms with Crippen molar-refractivity contribution in [1.82, 2.24) is 4.98 Å². The lowest BCUT2D eigenvalue weighted by molar-refractivity contribution is 0.0698. The van der Waals surface area contributed by atoms with Crippen LogP contribution in [-0.2, 0) is 11.8 Å². The molecule has 0 spiro atoms. The summed E-state index contributed by atoms with van der Waals surface area (Å²) in [5, 5.41) is 9.59. The zero-order chi connectivity index (χ0) is 14.7. The third-order valence-corrected chi connectivity index (χ3v) is 3.98. The fourth-order valence-corrected chi connectivity index (χ4v) is 2.90. The number of carboxylic acids is 1. The average molecular weight is 277 g/mol. The van der Waals surface area contributed by atoms with Gasteiger partial charge in [0.15, 0.2) is 11.6 Å². The number of carboxylic acid groups (broad SMARTS) is 1. The monoisotopic (exact) mass is 277 g/mol. The van der Waals surface area contributed by atoms with E-state index in [4.69, 9.17) is 0 Å². The summed E-state index contributed by atoms with van der Waals surface area (Å²) in [6.07, 6.45) is 1.36. The van der Waals surface area contributed by atoms with Gasteiger partial charge < -0.3 is 5.11 Å². The summed E-state index contributed by atoms with van der Waals surface area (Å²) in [5.74, 6) is -3.20. The number of halogens is 2. The minimum Gasteiger partial charge on any atom is -0.478 e. The molecular formula is C15H13F2NO2. The van der Waals surface area contributed by atoms with Gasteiger partial charge in [0.05, 0.1) is 16.8 Å². The Hall–Kier alpha value is -2.04. The summed E-state index contributed by atoms with van der Waals surface area (Å²) in [4.78, 5) is 15.9. The first kappa shape index (κ1) is 13.0. The normalized spacial score (nSPS) is 16.4. The fraction of sp³-hybridized carbons (Fsp3) is 0.333. The van der Waals surface area contributed by atoms with E-state index in [1.807, 2.05) is 13.8 Å². The van der Waals surface area contributed by atoms with Crippen LogP contribution in [0.15, 0.2) is 12.1 Å². The van der Waals surface area contributed by atoms with Gasteiger partial charge in [-0.25, -0.2) is 13.6 Å². The van der Waals surface area contributed by atoms with Crippen LogP contribution < -0.4 is 0 Å². The number of hydrogen-bond acceptors (Lipinski definition) is 2. The molecule has 0 saturated carbocycles. The molecule has 5 heteroatoms. The molecule has 20 heavy (non-hydrogen) atoms. The van der Waals surface area contributed by atoms with Crippen LogP contribution in [0.5, 0.6) is 0 Å². The molecule has 1 heterocycles. The van der Waals surface area contributed by atoms with Crippen LogP contribution in [0.3, 0.4) is 0 Å². The number of fused-ring (bicyclic) bond motifs is 2. The Morgan fingerprint density at radius 2 is 1.95 bits per heavy atom. The van der Waals surface area contributed by atoms with E-state index in [9.17, 15) is 18.7 Å². The van der Waals surface area contributed by atoms with Gasteiger partial charge in [0, 0.05) is 16.9 Å². The lowest BCUT2D eigenvalue weighted by Gasteiger charge is -2.18. The van der Waals surface area contributed by atoms with E-state index in [2.05, 4.69) is 4.98 Å². The van der Waals surface area contributed by atoms with Crippen molar-refractivity contribution in [2.75, 3.05) is 0 Å². The Balaban J connectivity index is 2.47. The Morgan fingerprint density at radius 3 is 2.60 bits per heavy atom. The molecule has 0 aliphatic heterocycles. The van der Waals surface area contributed by atoms with Gasteiger partial charge >= 0.3 is 5.97 Å². The van der Waals surface area contributed by atoms with E-state index in [-0.39, 0.29) is 21.9 Å². The highest BCUT2D eigenvalue weighted by molar-refractivity contribution is 6.04. The van der Waals surface area contributed by atoms with Crippen LogP contribution in [0, 0.1) is 11.6 Å². The number of pyridine rings is 1. The Bertz CT molecular complexity index is 753. The van der Waals surface area contributed by atoms with Gasteiger partial charge in [0.2, 0.25) is 0 Å². The van der Waals surface area contributed by atoms with E-state index in [0.717, 1.165) is 18.6 Å². The van der Waals surface area contributed by atoms with Crippen molar-refractivity contribution in [2.24, 2.45) is 0 Å². The van der Waals surface area contributed by atoms with Gasteiger partial charge in [0.1, 0.15) is 0 Å². The average Bonchev–Trinajstić information content (AvgIpc) is 2.64. The lowest BCUT2D eigenvalue weighted by Crippen LogP contribution is -2.15. The molecule has 0 amide bonds. The summed E-state index contributed by atoms with van der Waals surface area (Å²) in [6, 6.07) is 1.89. The predicted molar refractivity (Wildman–Crippen MR) is 70.0 cm³/mol. The number of hydrogen-bond donors (Lipinski definition) is 1. The first-order valence-corrected chi connectivity index (χ1v) is 6.36. The molecule has 2 aromatic rings. The molecule has 0 saturated heterocycles. The van der Waals surface area contributed by atoms with Gasteiger partial charge in [0.25, 0.3) is 0 Å². The summed E-state index contributed by atoms with van der Waals surface area (Å²) >= 11 is 0. The van der Waals surface area contributed by atoms with Crippen LogP contribution in [0.2, 0.25) is 0 Å². The number of carbonyl (C=O) groups is 1. The van der Waals surface area contributed by atoms with Crippen LogP contribution >= 0.6 is 0 Å². The molecule has 1 aromatic carbocycles. The van der Waals surface area contributed by atoms with Crippen molar-refractivity contribution >= 4 is 16.9 Å². The minimum absolute atomic E-state index is 0.0504. The highest BCUT2D eigenvalue weighted by Gasteiger charge is 2.35. The SMILES string of the molecule is CC1(C)CCc2c1nc1cc(F)c(F)cc1c2C(=O)O. The van der Waals surface area contributed by atoms with Gasteiger partial charge in [-0.05, 0) is 24.5 Å². The molecule has 0 atom stereocenters. The summed E-state index contributed by atoms with van der Waals surface area (Å²) < 4.78 is 26.8. The van der Waals surface area contributed by atoms with Crippen LogP contribution in [0.4, 0.5) is 8.78 Å². The summed E-state index contributed by atoms with van der Waals surface area (Å²) in [5.41, 5.74) is 1.30. The van der Waals surface area contributed by atoms with Crippen molar-refractivity contribution in [3.63, 3.8) is 0 Å². The molecule has 3 rings (SSSR count). The van der Waals surface area contributed by atoms with Crippen molar-refractivity contribution in [1.29, 1.82) is 0 Å². The second kappa shape index (κ2) is 3.98. The van der Waals surface area contributed by atoms with Crippen molar-refractivity contribution in [3.05, 3.63) is 40.6 Å². The standard InChI is InChI=1S/C15H13F2NO2/c1-15(2)4-3-7-12(14(19)20)8-5-9(16)10(17)6-11(8)18-13(7)15/h5-6H,3-4H2,1-2H3,(H,19,20). The van der Waals surface area contributed by atoms with Crippen molar-refractivity contribution < 1.29 is 18.7 Å². The maximum absolute atomic E-state index is 13.4. The Labute approximate surface area is 114 Å². The van der Waals surface area contributed by atoms with Gasteiger partial charge in [-0.1, -0.05) is 13.8 Å². The molecule has 1 aliphatic rings. The summed E-state index contributed by atoms with van der Waals surface area (Å²) in [7, 11) is 0. The predicted octanol–water partition coefficient (Wildman–Crippen LogP) is 3.44. The maximum atomic E-state index is 13.4. The molecule has 0 fully saturated rings. The smallest absolute Gasteiger partial charge is 0.336 e. The third kappa shape index (κ3) is 1.69. The van der Waals surface area contributed by atoms with Crippen LogP contribution in [-0.4, -0.2) is 16.1 Å². The van der Waals surface area contributed by atoms with E-state index >= 15 is 0 Å². The highest BCUT2D eigenvalue weighted by atomic mass is 19.2. The quantitative estimate of drug-likeness (QED) is 0.868. The molecule has 0 unspecified atom stereocenters. The van der Waals surface area contributed by atoms with Crippen molar-refractivity contribution in [2.45, 2.75) is 32.1 Å².